The smallest absolute Gasteiger partial charge is 0.227 e. The lowest BCUT2D eigenvalue weighted by molar-refractivity contribution is -0.119. The summed E-state index contributed by atoms with van der Waals surface area (Å²) in [6.07, 6.45) is 0.830. The fraction of sp³-hybridized carbons (Fsp3) is 0.652. The lowest BCUT2D eigenvalue weighted by Gasteiger charge is -2.37. The van der Waals surface area contributed by atoms with E-state index in [4.69, 9.17) is 4.74 Å². The Kier molecular flexibility index (Phi) is 13.0. The van der Waals surface area contributed by atoms with E-state index in [0.29, 0.717) is 18.5 Å². The van der Waals surface area contributed by atoms with E-state index in [1.165, 1.54) is 0 Å². The summed E-state index contributed by atoms with van der Waals surface area (Å²) < 4.78 is 5.49. The van der Waals surface area contributed by atoms with Crippen LogP contribution in [-0.4, -0.2) is 62.7 Å². The molecule has 2 unspecified atom stereocenters. The molecule has 3 N–H and O–H groups in total. The molecule has 2 rings (SSSR count). The summed E-state index contributed by atoms with van der Waals surface area (Å²) in [4.78, 5) is 19.0. The van der Waals surface area contributed by atoms with E-state index >= 15 is 0 Å². The van der Waals surface area contributed by atoms with Gasteiger partial charge >= 0.3 is 0 Å². The first-order valence-corrected chi connectivity index (χ1v) is 11.1. The second-order valence-electron chi connectivity index (χ2n) is 8.27. The van der Waals surface area contributed by atoms with Crippen LogP contribution >= 0.6 is 24.0 Å². The number of rotatable bonds is 9. The zero-order chi connectivity index (χ0) is 21.9. The number of hydrogen-bond donors (Lipinski definition) is 3. The number of carbonyl (C=O) groups excluding carboxylic acids is 1. The van der Waals surface area contributed by atoms with Gasteiger partial charge in [0.25, 0.3) is 0 Å². The third kappa shape index (κ3) is 9.33. The van der Waals surface area contributed by atoms with Gasteiger partial charge in [-0.05, 0) is 30.0 Å². The molecule has 31 heavy (non-hydrogen) atoms. The summed E-state index contributed by atoms with van der Waals surface area (Å²) in [7, 11) is 1.79. The van der Waals surface area contributed by atoms with Crippen molar-refractivity contribution in [2.24, 2.45) is 16.8 Å². The van der Waals surface area contributed by atoms with Crippen LogP contribution in [0.15, 0.2) is 29.3 Å². The lowest BCUT2D eigenvalue weighted by atomic mass is 10.0. The Morgan fingerprint density at radius 2 is 1.90 bits per heavy atom. The van der Waals surface area contributed by atoms with Gasteiger partial charge in [-0.25, -0.2) is 0 Å². The van der Waals surface area contributed by atoms with Crippen LogP contribution in [0, 0.1) is 11.8 Å². The van der Waals surface area contributed by atoms with E-state index in [2.05, 4.69) is 39.7 Å². The maximum absolute atomic E-state index is 12.1. The number of halogens is 1. The minimum atomic E-state index is 0. The Morgan fingerprint density at radius 3 is 2.52 bits per heavy atom. The molecule has 1 aromatic rings. The van der Waals surface area contributed by atoms with Gasteiger partial charge in [-0.2, -0.15) is 0 Å². The Hall–Kier alpha value is -1.39. The molecule has 1 amide bonds. The van der Waals surface area contributed by atoms with E-state index in [9.17, 15) is 4.79 Å². The number of anilines is 1. The molecule has 0 radical (unpaired) electrons. The number of ether oxygens (including phenoxy) is 1. The molecule has 176 valence electrons. The average molecular weight is 546 g/mol. The molecule has 2 atom stereocenters. The molecule has 7 nitrogen and oxygen atoms in total. The van der Waals surface area contributed by atoms with Crippen molar-refractivity contribution in [3.05, 3.63) is 29.8 Å². The SMILES string of the molecule is CCC(C)C(=O)Nc1cccc(CNC(=NC)NCC(C(C)C)N2CCOCC2)c1.I. The van der Waals surface area contributed by atoms with Gasteiger partial charge in [0.2, 0.25) is 5.91 Å². The summed E-state index contributed by atoms with van der Waals surface area (Å²) in [5.74, 6) is 1.39. The third-order valence-corrected chi connectivity index (χ3v) is 5.70. The number of hydrogen-bond acceptors (Lipinski definition) is 4. The second-order valence-corrected chi connectivity index (χ2v) is 8.27. The van der Waals surface area contributed by atoms with Crippen molar-refractivity contribution in [2.45, 2.75) is 46.7 Å². The predicted octanol–water partition coefficient (Wildman–Crippen LogP) is 3.31. The standard InChI is InChI=1S/C23H39N5O2.HI/c1-6-18(4)22(29)27-20-9-7-8-19(14-20)15-25-23(24-5)26-16-21(17(2)3)28-10-12-30-13-11-28;/h7-9,14,17-18,21H,6,10-13,15-16H2,1-5H3,(H,27,29)(H2,24,25,26);1H. The first kappa shape index (κ1) is 27.6. The number of benzene rings is 1. The third-order valence-electron chi connectivity index (χ3n) is 5.70. The molecule has 1 saturated heterocycles. The van der Waals surface area contributed by atoms with Crippen molar-refractivity contribution in [3.8, 4) is 0 Å². The van der Waals surface area contributed by atoms with Crippen LogP contribution in [0.5, 0.6) is 0 Å². The van der Waals surface area contributed by atoms with Crippen LogP contribution < -0.4 is 16.0 Å². The second kappa shape index (κ2) is 14.6. The molecule has 0 spiro atoms. The fourth-order valence-corrected chi connectivity index (χ4v) is 3.51. The maximum Gasteiger partial charge on any atom is 0.227 e. The summed E-state index contributed by atoms with van der Waals surface area (Å²) >= 11 is 0. The van der Waals surface area contributed by atoms with Gasteiger partial charge in [0.15, 0.2) is 5.96 Å². The first-order chi connectivity index (χ1) is 14.4. The van der Waals surface area contributed by atoms with Crippen LogP contribution in [0.3, 0.4) is 0 Å². The van der Waals surface area contributed by atoms with Gasteiger partial charge in [-0.15, -0.1) is 24.0 Å². The van der Waals surface area contributed by atoms with E-state index in [-0.39, 0.29) is 35.8 Å². The van der Waals surface area contributed by atoms with E-state index in [1.807, 2.05) is 38.1 Å². The van der Waals surface area contributed by atoms with E-state index in [1.54, 1.807) is 7.05 Å². The molecule has 8 heteroatoms. The number of aliphatic imine (C=N–C) groups is 1. The molecule has 0 aromatic heterocycles. The van der Waals surface area contributed by atoms with Crippen molar-refractivity contribution in [1.82, 2.24) is 15.5 Å². The molecule has 0 bridgehead atoms. The number of nitrogens with zero attached hydrogens (tertiary/aromatic N) is 2. The highest BCUT2D eigenvalue weighted by Gasteiger charge is 2.23. The van der Waals surface area contributed by atoms with Gasteiger partial charge in [0, 0.05) is 50.9 Å². The summed E-state index contributed by atoms with van der Waals surface area (Å²) in [5.41, 5.74) is 1.92. The predicted molar refractivity (Wildman–Crippen MR) is 139 cm³/mol. The van der Waals surface area contributed by atoms with Crippen LogP contribution in [0.25, 0.3) is 0 Å². The Labute approximate surface area is 204 Å². The number of morpholine rings is 1. The van der Waals surface area contributed by atoms with Crippen molar-refractivity contribution in [2.75, 3.05) is 45.2 Å². The largest absolute Gasteiger partial charge is 0.379 e. The number of carbonyl (C=O) groups is 1. The van der Waals surface area contributed by atoms with Gasteiger partial charge in [-0.3, -0.25) is 14.7 Å². The van der Waals surface area contributed by atoms with Crippen LogP contribution in [0.4, 0.5) is 5.69 Å². The Morgan fingerprint density at radius 1 is 1.19 bits per heavy atom. The molecule has 1 heterocycles. The van der Waals surface area contributed by atoms with Gasteiger partial charge in [0.05, 0.1) is 13.2 Å². The van der Waals surface area contributed by atoms with Gasteiger partial charge in [-0.1, -0.05) is 39.8 Å². The van der Waals surface area contributed by atoms with Crippen molar-refractivity contribution in [1.29, 1.82) is 0 Å². The minimum absolute atomic E-state index is 0. The molecule has 0 aliphatic carbocycles. The highest BCUT2D eigenvalue weighted by atomic mass is 127. The Bertz CT molecular complexity index is 692. The number of nitrogens with one attached hydrogen (secondary N) is 3. The molecular weight excluding hydrogens is 505 g/mol. The Balaban J connectivity index is 0.00000480. The quantitative estimate of drug-likeness (QED) is 0.252. The zero-order valence-corrected chi connectivity index (χ0v) is 21.9. The number of guanidine groups is 1. The maximum atomic E-state index is 12.1. The summed E-state index contributed by atoms with van der Waals surface area (Å²) in [6, 6.07) is 8.38. The molecule has 1 aliphatic heterocycles. The normalized spacial score (nSPS) is 16.9. The van der Waals surface area contributed by atoms with Gasteiger partial charge in [0.1, 0.15) is 0 Å². The van der Waals surface area contributed by atoms with Crippen LogP contribution in [0.1, 0.15) is 39.7 Å². The first-order valence-electron chi connectivity index (χ1n) is 11.1. The lowest BCUT2D eigenvalue weighted by Crippen LogP contribution is -2.52. The number of amides is 1. The van der Waals surface area contributed by atoms with E-state index < -0.39 is 0 Å². The molecule has 0 saturated carbocycles. The van der Waals surface area contributed by atoms with Crippen molar-refractivity contribution in [3.63, 3.8) is 0 Å². The van der Waals surface area contributed by atoms with Crippen LogP contribution in [-0.2, 0) is 16.1 Å². The monoisotopic (exact) mass is 545 g/mol. The highest BCUT2D eigenvalue weighted by molar-refractivity contribution is 14.0. The van der Waals surface area contributed by atoms with Crippen molar-refractivity contribution >= 4 is 41.5 Å². The topological polar surface area (TPSA) is 78.0 Å². The average Bonchev–Trinajstić information content (AvgIpc) is 2.76. The molecular formula is C23H40IN5O2. The molecule has 1 fully saturated rings. The fourth-order valence-electron chi connectivity index (χ4n) is 3.51. The molecule has 1 aromatic carbocycles. The minimum Gasteiger partial charge on any atom is -0.379 e. The van der Waals surface area contributed by atoms with Crippen molar-refractivity contribution < 1.29 is 9.53 Å². The molecule has 1 aliphatic rings. The van der Waals surface area contributed by atoms with Crippen LogP contribution in [0.2, 0.25) is 0 Å². The highest BCUT2D eigenvalue weighted by Crippen LogP contribution is 2.14. The summed E-state index contributed by atoms with van der Waals surface area (Å²) in [6.45, 7) is 13.5. The van der Waals surface area contributed by atoms with Gasteiger partial charge < -0.3 is 20.7 Å². The zero-order valence-electron chi connectivity index (χ0n) is 19.6. The summed E-state index contributed by atoms with van der Waals surface area (Å²) in [5, 5.41) is 9.85. The van der Waals surface area contributed by atoms with E-state index in [0.717, 1.165) is 56.5 Å².